The van der Waals surface area contributed by atoms with Crippen LogP contribution in [0.5, 0.6) is 0 Å². The molecular weight excluding hydrogens is 436 g/mol. The molecule has 2 aliphatic rings. The molecule has 3 heterocycles. The van der Waals surface area contributed by atoms with E-state index in [1.165, 1.54) is 11.8 Å². The van der Waals surface area contributed by atoms with E-state index in [1.807, 2.05) is 36.6 Å². The summed E-state index contributed by atoms with van der Waals surface area (Å²) in [7, 11) is 0. The van der Waals surface area contributed by atoms with Gasteiger partial charge in [-0.3, -0.25) is 10.2 Å². The van der Waals surface area contributed by atoms with Crippen molar-refractivity contribution in [1.29, 1.82) is 5.41 Å². The summed E-state index contributed by atoms with van der Waals surface area (Å²) in [5, 5.41) is 9.43. The van der Waals surface area contributed by atoms with Crippen LogP contribution in [-0.4, -0.2) is 33.2 Å². The number of carbonyl (C=O) groups excluding carboxylic acids is 1. The quantitative estimate of drug-likeness (QED) is 0.536. The van der Waals surface area contributed by atoms with Crippen LogP contribution in [0, 0.1) is 5.41 Å². The van der Waals surface area contributed by atoms with Gasteiger partial charge < -0.3 is 4.42 Å². The van der Waals surface area contributed by atoms with Crippen molar-refractivity contribution in [3.63, 3.8) is 0 Å². The van der Waals surface area contributed by atoms with Crippen LogP contribution >= 0.6 is 39.6 Å². The summed E-state index contributed by atoms with van der Waals surface area (Å²) < 4.78 is 11.0. The highest BCUT2D eigenvalue weighted by molar-refractivity contribution is 9.10. The summed E-state index contributed by atoms with van der Waals surface area (Å²) in [5.41, 5.74) is 1.10. The highest BCUT2D eigenvalue weighted by Gasteiger charge is 2.37. The van der Waals surface area contributed by atoms with Crippen LogP contribution in [-0.2, 0) is 4.79 Å². The van der Waals surface area contributed by atoms with E-state index in [4.69, 9.17) is 9.83 Å². The molecule has 0 spiro atoms. The maximum Gasteiger partial charge on any atom is 0.283 e. The normalized spacial score (nSPS) is 18.2. The fourth-order valence-electron chi connectivity index (χ4n) is 2.47. The zero-order valence-corrected chi connectivity index (χ0v) is 16.6. The van der Waals surface area contributed by atoms with E-state index in [0.29, 0.717) is 21.9 Å². The fraction of sp³-hybridized carbons (Fsp3) is 0.0588. The third-order valence-electron chi connectivity index (χ3n) is 3.72. The Hall–Kier alpha value is -2.10. The highest BCUT2D eigenvalue weighted by atomic mass is 79.9. The Labute approximate surface area is 166 Å². The Kier molecular flexibility index (Phi) is 4.60. The zero-order valence-electron chi connectivity index (χ0n) is 13.4. The van der Waals surface area contributed by atoms with Gasteiger partial charge in [-0.05, 0) is 36.6 Å². The fourth-order valence-corrected chi connectivity index (χ4v) is 4.19. The molecule has 0 radical (unpaired) electrons. The number of rotatable bonds is 2. The lowest BCUT2D eigenvalue weighted by Crippen LogP contribution is -2.41. The van der Waals surface area contributed by atoms with E-state index >= 15 is 0 Å². The molecule has 1 amide bonds. The molecule has 4 rings (SSSR count). The summed E-state index contributed by atoms with van der Waals surface area (Å²) in [6, 6.07) is 11.3. The van der Waals surface area contributed by atoms with Gasteiger partial charge in [0.15, 0.2) is 5.17 Å². The Morgan fingerprint density at radius 3 is 2.77 bits per heavy atom. The Balaban J connectivity index is 1.66. The third-order valence-corrected chi connectivity index (χ3v) is 5.70. The van der Waals surface area contributed by atoms with E-state index in [9.17, 15) is 4.79 Å². The third kappa shape index (κ3) is 3.06. The van der Waals surface area contributed by atoms with Gasteiger partial charge in [0, 0.05) is 10.0 Å². The highest BCUT2D eigenvalue weighted by Crippen LogP contribution is 2.31. The molecule has 0 saturated heterocycles. The van der Waals surface area contributed by atoms with Gasteiger partial charge in [-0.15, -0.1) is 0 Å². The first kappa shape index (κ1) is 17.3. The van der Waals surface area contributed by atoms with Crippen LogP contribution in [0.4, 0.5) is 0 Å². The molecule has 0 fully saturated rings. The average Bonchev–Trinajstić information content (AvgIpc) is 3.26. The van der Waals surface area contributed by atoms with E-state index < -0.39 is 5.91 Å². The summed E-state index contributed by atoms with van der Waals surface area (Å²) in [6.45, 7) is 0. The van der Waals surface area contributed by atoms with E-state index in [-0.39, 0.29) is 11.4 Å². The number of halogens is 1. The van der Waals surface area contributed by atoms with Gasteiger partial charge in [0.05, 0.1) is 17.5 Å². The van der Waals surface area contributed by atoms with Gasteiger partial charge in [-0.2, -0.15) is 9.39 Å². The number of aliphatic imine (C=N–C) groups is 1. The summed E-state index contributed by atoms with van der Waals surface area (Å²) in [6.07, 6.45) is 3.42. The second-order valence-corrected chi connectivity index (χ2v) is 7.74. The van der Waals surface area contributed by atoms with Gasteiger partial charge in [0.25, 0.3) is 5.91 Å². The molecule has 26 heavy (non-hydrogen) atoms. The lowest BCUT2D eigenvalue weighted by molar-refractivity contribution is -0.114. The van der Waals surface area contributed by atoms with Crippen molar-refractivity contribution >= 4 is 67.8 Å². The van der Waals surface area contributed by atoms with Crippen molar-refractivity contribution in [3.05, 3.63) is 52.2 Å². The Morgan fingerprint density at radius 2 is 2.04 bits per heavy atom. The maximum absolute atomic E-state index is 12.3. The number of nitrogens with zero attached hydrogens (tertiary/aromatic N) is 3. The number of fused-ring (bicyclic) bond motifs is 1. The minimum Gasteiger partial charge on any atom is -0.457 e. The molecule has 9 heteroatoms. The van der Waals surface area contributed by atoms with Gasteiger partial charge >= 0.3 is 0 Å². The van der Waals surface area contributed by atoms with Crippen LogP contribution in [0.15, 0.2) is 60.3 Å². The van der Waals surface area contributed by atoms with E-state index in [2.05, 4.69) is 25.3 Å². The van der Waals surface area contributed by atoms with Gasteiger partial charge in [-0.25, -0.2) is 4.90 Å². The number of hydrogen-bond acceptors (Lipinski definition) is 6. The molecule has 2 aliphatic heterocycles. The predicted octanol–water partition coefficient (Wildman–Crippen LogP) is 4.65. The minimum atomic E-state index is -0.465. The van der Waals surface area contributed by atoms with Gasteiger partial charge in [-0.1, -0.05) is 39.8 Å². The van der Waals surface area contributed by atoms with Crippen LogP contribution in [0.1, 0.15) is 5.76 Å². The number of thioether (sulfide) groups is 1. The average molecular weight is 447 g/mol. The topological polar surface area (TPSA) is 82.0 Å². The minimum absolute atomic E-state index is 0.0553. The van der Waals surface area contributed by atoms with Crippen molar-refractivity contribution in [2.75, 3.05) is 6.26 Å². The monoisotopic (exact) mass is 446 g/mol. The van der Waals surface area contributed by atoms with Crippen molar-refractivity contribution in [1.82, 2.24) is 4.90 Å². The van der Waals surface area contributed by atoms with Crippen molar-refractivity contribution in [2.45, 2.75) is 0 Å². The molecule has 0 bridgehead atoms. The maximum atomic E-state index is 12.3. The molecule has 6 nitrogen and oxygen atoms in total. The first-order valence-electron chi connectivity index (χ1n) is 7.45. The molecule has 1 N–H and O–H groups in total. The number of benzene rings is 1. The number of amidine groups is 3. The zero-order chi connectivity index (χ0) is 18.3. The van der Waals surface area contributed by atoms with E-state index in [1.54, 1.807) is 17.0 Å². The lowest BCUT2D eigenvalue weighted by atomic mass is 10.1. The van der Waals surface area contributed by atoms with Crippen molar-refractivity contribution < 1.29 is 9.21 Å². The number of carbonyl (C=O) groups is 1. The largest absolute Gasteiger partial charge is 0.457 e. The molecule has 1 aromatic carbocycles. The van der Waals surface area contributed by atoms with Crippen LogP contribution < -0.4 is 0 Å². The van der Waals surface area contributed by atoms with Crippen molar-refractivity contribution in [2.24, 2.45) is 9.39 Å². The second kappa shape index (κ2) is 6.90. The summed E-state index contributed by atoms with van der Waals surface area (Å²) in [5.74, 6) is 0.767. The van der Waals surface area contributed by atoms with Crippen LogP contribution in [0.25, 0.3) is 17.4 Å². The molecule has 0 unspecified atom stereocenters. The second-order valence-electron chi connectivity index (χ2n) is 5.32. The van der Waals surface area contributed by atoms with Gasteiger partial charge in [0.1, 0.15) is 17.4 Å². The predicted molar refractivity (Wildman–Crippen MR) is 110 cm³/mol. The summed E-state index contributed by atoms with van der Waals surface area (Å²) >= 11 is 5.91. The molecule has 0 saturated carbocycles. The first-order chi connectivity index (χ1) is 12.6. The Morgan fingerprint density at radius 1 is 1.27 bits per heavy atom. The van der Waals surface area contributed by atoms with E-state index in [0.717, 1.165) is 22.0 Å². The molecule has 1 aromatic heterocycles. The summed E-state index contributed by atoms with van der Waals surface area (Å²) in [4.78, 5) is 17.9. The number of furan rings is 1. The lowest BCUT2D eigenvalue weighted by Gasteiger charge is -2.23. The van der Waals surface area contributed by atoms with Gasteiger partial charge in [0.2, 0.25) is 5.17 Å². The standard InChI is InChI=1S/C17H11BrN4O2S2/c1-25-17-21-26-16-20-15(23)12(14(19)22(16)17)8-11-6-7-13(24-11)9-2-4-10(18)5-3-9/h2-8,19H,1H3/b12-8-,19-14?. The Bertz CT molecular complexity index is 1010. The number of nitrogens with one attached hydrogen (secondary N) is 1. The molecule has 2 aromatic rings. The van der Waals surface area contributed by atoms with Crippen molar-refractivity contribution in [3.8, 4) is 11.3 Å². The van der Waals surface area contributed by atoms with Crippen LogP contribution in [0.2, 0.25) is 0 Å². The number of hydrogen-bond donors (Lipinski definition) is 1. The smallest absolute Gasteiger partial charge is 0.283 e. The molecule has 130 valence electrons. The van der Waals surface area contributed by atoms with Crippen LogP contribution in [0.3, 0.4) is 0 Å². The SMILES string of the molecule is CSC1=NSC2=NC(=O)/C(=C\c3ccc(-c4ccc(Br)cc4)o3)C(=N)N12. The molecule has 0 aliphatic carbocycles. The number of amides is 1. The molecule has 0 atom stereocenters. The molecular formula is C17H11BrN4O2S2. The first-order valence-corrected chi connectivity index (χ1v) is 10.2.